The van der Waals surface area contributed by atoms with Gasteiger partial charge in [-0.15, -0.1) is 5.10 Å². The standard InChI is InChI=1S/C22H18ClFN4O4/c1-3-32-22(30)17-12-27(20-9-18(23)19(24)8-16(20)21(17)29)10-13-11-28(26-25-13)14-4-6-15(31-2)7-5-14/h4-9,11-12H,3,10H2,1-2H3. The van der Waals surface area contributed by atoms with E-state index in [2.05, 4.69) is 10.3 Å². The minimum absolute atomic E-state index is 0.0139. The van der Waals surface area contributed by atoms with Gasteiger partial charge in [0.05, 0.1) is 42.7 Å². The highest BCUT2D eigenvalue weighted by molar-refractivity contribution is 6.31. The average Bonchev–Trinajstić information content (AvgIpc) is 3.25. The molecule has 0 aliphatic rings. The fourth-order valence-corrected chi connectivity index (χ4v) is 3.43. The number of halogens is 2. The Labute approximate surface area is 186 Å². The van der Waals surface area contributed by atoms with Crippen LogP contribution in [0.2, 0.25) is 5.02 Å². The van der Waals surface area contributed by atoms with Gasteiger partial charge < -0.3 is 14.0 Å². The summed E-state index contributed by atoms with van der Waals surface area (Å²) in [6, 6.07) is 9.62. The van der Waals surface area contributed by atoms with Crippen LogP contribution in [-0.4, -0.2) is 39.2 Å². The third-order valence-corrected chi connectivity index (χ3v) is 5.12. The maximum atomic E-state index is 14.1. The molecule has 0 spiro atoms. The maximum absolute atomic E-state index is 14.1. The van der Waals surface area contributed by atoms with E-state index in [0.29, 0.717) is 17.0 Å². The first kappa shape index (κ1) is 21.5. The zero-order chi connectivity index (χ0) is 22.8. The van der Waals surface area contributed by atoms with E-state index in [-0.39, 0.29) is 29.1 Å². The molecule has 2 aromatic carbocycles. The number of benzene rings is 2. The Balaban J connectivity index is 1.77. The number of hydrogen-bond donors (Lipinski definition) is 0. The van der Waals surface area contributed by atoms with Crippen molar-refractivity contribution in [1.29, 1.82) is 0 Å². The number of methoxy groups -OCH3 is 1. The molecule has 0 bridgehead atoms. The number of carbonyl (C=O) groups is 1. The predicted octanol–water partition coefficient (Wildman–Crippen LogP) is 3.61. The summed E-state index contributed by atoms with van der Waals surface area (Å²) in [7, 11) is 1.58. The second-order valence-corrected chi connectivity index (χ2v) is 7.26. The molecule has 4 rings (SSSR count). The van der Waals surface area contributed by atoms with E-state index in [4.69, 9.17) is 21.1 Å². The Morgan fingerprint density at radius 1 is 1.19 bits per heavy atom. The van der Waals surface area contributed by atoms with Crippen LogP contribution in [0, 0.1) is 5.82 Å². The van der Waals surface area contributed by atoms with Crippen molar-refractivity contribution in [2.75, 3.05) is 13.7 Å². The van der Waals surface area contributed by atoms with Gasteiger partial charge in [-0.25, -0.2) is 13.9 Å². The molecule has 0 radical (unpaired) electrons. The smallest absolute Gasteiger partial charge is 0.343 e. The Morgan fingerprint density at radius 2 is 1.94 bits per heavy atom. The Bertz CT molecular complexity index is 1370. The number of ether oxygens (including phenoxy) is 2. The third-order valence-electron chi connectivity index (χ3n) is 4.83. The van der Waals surface area contributed by atoms with Gasteiger partial charge in [-0.2, -0.15) is 0 Å². The molecule has 2 heterocycles. The Hall–Kier alpha value is -3.72. The summed E-state index contributed by atoms with van der Waals surface area (Å²) in [6.45, 7) is 1.89. The lowest BCUT2D eigenvalue weighted by Crippen LogP contribution is -2.21. The molecule has 0 amide bonds. The van der Waals surface area contributed by atoms with Crippen molar-refractivity contribution in [1.82, 2.24) is 19.6 Å². The zero-order valence-electron chi connectivity index (χ0n) is 17.2. The molecule has 0 unspecified atom stereocenters. The number of carbonyl (C=O) groups excluding carboxylic acids is 1. The summed E-state index contributed by atoms with van der Waals surface area (Å²) in [5.74, 6) is -0.830. The van der Waals surface area contributed by atoms with Gasteiger partial charge in [0.2, 0.25) is 5.43 Å². The summed E-state index contributed by atoms with van der Waals surface area (Å²) >= 11 is 5.95. The second kappa shape index (κ2) is 8.80. The van der Waals surface area contributed by atoms with Gasteiger partial charge >= 0.3 is 5.97 Å². The first-order valence-corrected chi connectivity index (χ1v) is 10.0. The molecule has 2 aromatic heterocycles. The highest BCUT2D eigenvalue weighted by Gasteiger charge is 2.19. The molecule has 0 fully saturated rings. The van der Waals surface area contributed by atoms with E-state index in [1.807, 2.05) is 12.1 Å². The minimum atomic E-state index is -0.787. The second-order valence-electron chi connectivity index (χ2n) is 6.86. The average molecular weight is 457 g/mol. The number of rotatable bonds is 6. The van der Waals surface area contributed by atoms with Crippen molar-refractivity contribution >= 4 is 28.5 Å². The van der Waals surface area contributed by atoms with Crippen molar-refractivity contribution in [3.05, 3.63) is 81.1 Å². The molecule has 0 N–H and O–H groups in total. The molecule has 164 valence electrons. The van der Waals surface area contributed by atoms with E-state index in [1.54, 1.807) is 41.6 Å². The lowest BCUT2D eigenvalue weighted by Gasteiger charge is -2.12. The molecule has 8 nitrogen and oxygen atoms in total. The number of esters is 1. The number of aromatic nitrogens is 4. The van der Waals surface area contributed by atoms with Gasteiger partial charge in [0.1, 0.15) is 22.8 Å². The largest absolute Gasteiger partial charge is 0.497 e. The van der Waals surface area contributed by atoms with Gasteiger partial charge in [0, 0.05) is 11.6 Å². The topological polar surface area (TPSA) is 88.2 Å². The summed E-state index contributed by atoms with van der Waals surface area (Å²) in [6.07, 6.45) is 3.07. The van der Waals surface area contributed by atoms with Crippen LogP contribution in [0.25, 0.3) is 16.6 Å². The van der Waals surface area contributed by atoms with Crippen LogP contribution >= 0.6 is 11.6 Å². The number of fused-ring (bicyclic) bond motifs is 1. The molecular formula is C22H18ClFN4O4. The molecular weight excluding hydrogens is 439 g/mol. The molecule has 10 heteroatoms. The number of hydrogen-bond acceptors (Lipinski definition) is 6. The molecule has 0 saturated carbocycles. The monoisotopic (exact) mass is 456 g/mol. The fraction of sp³-hybridized carbons (Fsp3) is 0.182. The van der Waals surface area contributed by atoms with E-state index in [9.17, 15) is 14.0 Å². The Kier molecular flexibility index (Phi) is 5.91. The maximum Gasteiger partial charge on any atom is 0.343 e. The van der Waals surface area contributed by atoms with Crippen molar-refractivity contribution in [2.45, 2.75) is 13.5 Å². The SMILES string of the molecule is CCOC(=O)c1cn(Cc2cn(-c3ccc(OC)cc3)nn2)c2cc(Cl)c(F)cc2c1=O. The van der Waals surface area contributed by atoms with Crippen LogP contribution in [-0.2, 0) is 11.3 Å². The summed E-state index contributed by atoms with van der Waals surface area (Å²) in [4.78, 5) is 25.1. The highest BCUT2D eigenvalue weighted by Crippen LogP contribution is 2.23. The zero-order valence-corrected chi connectivity index (χ0v) is 18.0. The van der Waals surface area contributed by atoms with E-state index in [0.717, 1.165) is 11.8 Å². The number of nitrogens with zero attached hydrogens (tertiary/aromatic N) is 4. The van der Waals surface area contributed by atoms with Crippen molar-refractivity contribution in [3.63, 3.8) is 0 Å². The van der Waals surface area contributed by atoms with E-state index in [1.165, 1.54) is 12.3 Å². The first-order chi connectivity index (χ1) is 15.4. The van der Waals surface area contributed by atoms with Crippen molar-refractivity contribution in [2.24, 2.45) is 0 Å². The van der Waals surface area contributed by atoms with E-state index < -0.39 is 17.2 Å². The van der Waals surface area contributed by atoms with Crippen molar-refractivity contribution < 1.29 is 18.7 Å². The predicted molar refractivity (Wildman–Crippen MR) is 116 cm³/mol. The van der Waals surface area contributed by atoms with E-state index >= 15 is 0 Å². The summed E-state index contributed by atoms with van der Waals surface area (Å²) in [5.41, 5.74) is 0.830. The summed E-state index contributed by atoms with van der Waals surface area (Å²) < 4.78 is 27.4. The van der Waals surface area contributed by atoms with Crippen LogP contribution in [0.4, 0.5) is 4.39 Å². The van der Waals surface area contributed by atoms with Crippen LogP contribution < -0.4 is 10.2 Å². The quantitative estimate of drug-likeness (QED) is 0.412. The van der Waals surface area contributed by atoms with Gasteiger partial charge in [0.25, 0.3) is 0 Å². The van der Waals surface area contributed by atoms with Crippen LogP contribution in [0.1, 0.15) is 23.0 Å². The first-order valence-electron chi connectivity index (χ1n) is 9.66. The van der Waals surface area contributed by atoms with Crippen LogP contribution in [0.15, 0.2) is 53.6 Å². The lowest BCUT2D eigenvalue weighted by molar-refractivity contribution is 0.0524. The van der Waals surface area contributed by atoms with Crippen LogP contribution in [0.3, 0.4) is 0 Å². The fourth-order valence-electron chi connectivity index (χ4n) is 3.28. The van der Waals surface area contributed by atoms with Crippen molar-refractivity contribution in [3.8, 4) is 11.4 Å². The van der Waals surface area contributed by atoms with Gasteiger partial charge in [0.15, 0.2) is 0 Å². The van der Waals surface area contributed by atoms with Gasteiger partial charge in [-0.05, 0) is 43.3 Å². The lowest BCUT2D eigenvalue weighted by atomic mass is 10.1. The molecule has 0 saturated heterocycles. The van der Waals surface area contributed by atoms with Gasteiger partial charge in [-0.1, -0.05) is 16.8 Å². The normalized spacial score (nSPS) is 11.0. The van der Waals surface area contributed by atoms with Crippen LogP contribution in [0.5, 0.6) is 5.75 Å². The summed E-state index contributed by atoms with van der Waals surface area (Å²) in [5, 5.41) is 8.17. The third kappa shape index (κ3) is 4.06. The van der Waals surface area contributed by atoms with Gasteiger partial charge in [-0.3, -0.25) is 4.79 Å². The molecule has 4 aromatic rings. The molecule has 0 aliphatic heterocycles. The molecule has 0 aliphatic carbocycles. The Morgan fingerprint density at radius 3 is 2.62 bits per heavy atom. The highest BCUT2D eigenvalue weighted by atomic mass is 35.5. The minimum Gasteiger partial charge on any atom is -0.497 e. The molecule has 0 atom stereocenters. The molecule has 32 heavy (non-hydrogen) atoms. The number of pyridine rings is 1.